The van der Waals surface area contributed by atoms with Gasteiger partial charge in [0.1, 0.15) is 0 Å². The lowest BCUT2D eigenvalue weighted by Crippen LogP contribution is -2.14. The van der Waals surface area contributed by atoms with Crippen LogP contribution in [0.2, 0.25) is 0 Å². The van der Waals surface area contributed by atoms with E-state index in [-0.39, 0.29) is 0 Å². The Hall–Kier alpha value is -0.660. The second kappa shape index (κ2) is 2.19. The van der Waals surface area contributed by atoms with Crippen molar-refractivity contribution in [1.82, 2.24) is 10.6 Å². The molecule has 0 amide bonds. The topological polar surface area (TPSA) is 24.1 Å². The average molecular weight is 138 g/mol. The molecule has 2 nitrogen and oxygen atoms in total. The molecular formula is C8H14N2. The molecule has 1 atom stereocenters. The van der Waals surface area contributed by atoms with Crippen LogP contribution in [0.15, 0.2) is 11.4 Å². The zero-order chi connectivity index (χ0) is 6.97. The van der Waals surface area contributed by atoms with Crippen LogP contribution in [0.1, 0.15) is 26.2 Å². The summed E-state index contributed by atoms with van der Waals surface area (Å²) < 4.78 is 0. The van der Waals surface area contributed by atoms with Gasteiger partial charge in [0, 0.05) is 11.4 Å². The first kappa shape index (κ1) is 6.08. The van der Waals surface area contributed by atoms with E-state index in [1.54, 1.807) is 0 Å². The maximum absolute atomic E-state index is 3.36. The van der Waals surface area contributed by atoms with Gasteiger partial charge in [0.15, 0.2) is 0 Å². The summed E-state index contributed by atoms with van der Waals surface area (Å²) in [7, 11) is 0. The predicted molar refractivity (Wildman–Crippen MR) is 41.2 cm³/mol. The normalized spacial score (nSPS) is 31.1. The Balaban J connectivity index is 2.13. The fourth-order valence-electron chi connectivity index (χ4n) is 1.75. The van der Waals surface area contributed by atoms with Gasteiger partial charge in [-0.25, -0.2) is 0 Å². The first-order chi connectivity index (χ1) is 4.86. The quantitative estimate of drug-likeness (QED) is 0.525. The third-order valence-electron chi connectivity index (χ3n) is 2.41. The summed E-state index contributed by atoms with van der Waals surface area (Å²) in [5, 5.41) is 6.71. The van der Waals surface area contributed by atoms with Gasteiger partial charge in [0.05, 0.1) is 6.67 Å². The zero-order valence-electron chi connectivity index (χ0n) is 6.41. The van der Waals surface area contributed by atoms with Gasteiger partial charge in [0.2, 0.25) is 0 Å². The van der Waals surface area contributed by atoms with Crippen molar-refractivity contribution in [3.63, 3.8) is 0 Å². The van der Waals surface area contributed by atoms with E-state index in [4.69, 9.17) is 0 Å². The van der Waals surface area contributed by atoms with Crippen LogP contribution in [0.25, 0.3) is 0 Å². The lowest BCUT2D eigenvalue weighted by molar-refractivity contribution is 0.488. The molecule has 2 heteroatoms. The fraction of sp³-hybridized carbons (Fsp3) is 0.750. The van der Waals surface area contributed by atoms with Gasteiger partial charge in [0.25, 0.3) is 0 Å². The monoisotopic (exact) mass is 138 g/mol. The molecule has 2 N–H and O–H groups in total. The highest BCUT2D eigenvalue weighted by atomic mass is 15.1. The van der Waals surface area contributed by atoms with Crippen molar-refractivity contribution in [2.45, 2.75) is 26.2 Å². The molecule has 2 rings (SSSR count). The second-order valence-corrected chi connectivity index (χ2v) is 3.34. The molecule has 1 heterocycles. The molecule has 2 aliphatic rings. The minimum absolute atomic E-state index is 0.881. The molecule has 0 saturated carbocycles. The van der Waals surface area contributed by atoms with E-state index < -0.39 is 0 Å². The molecule has 0 aromatic heterocycles. The Morgan fingerprint density at radius 2 is 2.10 bits per heavy atom. The average Bonchev–Trinajstić information content (AvgIpc) is 2.33. The van der Waals surface area contributed by atoms with Crippen molar-refractivity contribution in [3.05, 3.63) is 11.4 Å². The summed E-state index contributed by atoms with van der Waals surface area (Å²) in [4.78, 5) is 0. The highest BCUT2D eigenvalue weighted by Crippen LogP contribution is 2.27. The molecule has 1 unspecified atom stereocenters. The number of rotatable bonds is 0. The van der Waals surface area contributed by atoms with Crippen molar-refractivity contribution < 1.29 is 0 Å². The van der Waals surface area contributed by atoms with Gasteiger partial charge >= 0.3 is 0 Å². The van der Waals surface area contributed by atoms with Crippen molar-refractivity contribution in [1.29, 1.82) is 0 Å². The van der Waals surface area contributed by atoms with Gasteiger partial charge in [-0.15, -0.1) is 0 Å². The Morgan fingerprint density at radius 3 is 3.00 bits per heavy atom. The summed E-state index contributed by atoms with van der Waals surface area (Å²) in [5.74, 6) is 0.881. The summed E-state index contributed by atoms with van der Waals surface area (Å²) in [6, 6.07) is 0. The lowest BCUT2D eigenvalue weighted by Gasteiger charge is -2.18. The molecular weight excluding hydrogens is 124 g/mol. The minimum Gasteiger partial charge on any atom is -0.370 e. The molecule has 56 valence electrons. The van der Waals surface area contributed by atoms with Crippen LogP contribution in [-0.4, -0.2) is 6.67 Å². The van der Waals surface area contributed by atoms with Crippen LogP contribution in [0.5, 0.6) is 0 Å². The van der Waals surface area contributed by atoms with Crippen LogP contribution >= 0.6 is 0 Å². The molecule has 0 spiro atoms. The third kappa shape index (κ3) is 0.877. The molecule has 1 aliphatic carbocycles. The molecule has 1 aliphatic heterocycles. The number of hydrogen-bond donors (Lipinski definition) is 2. The van der Waals surface area contributed by atoms with E-state index in [2.05, 4.69) is 17.6 Å². The standard InChI is InChI=1S/C8H14N2/c1-6-2-3-7-8(4-6)10-5-9-7/h6,9-10H,2-5H2,1H3. The second-order valence-electron chi connectivity index (χ2n) is 3.34. The molecule has 0 fully saturated rings. The Labute approximate surface area is 61.7 Å². The van der Waals surface area contributed by atoms with Crippen LogP contribution in [-0.2, 0) is 0 Å². The molecule has 0 aromatic carbocycles. The smallest absolute Gasteiger partial charge is 0.0845 e. The third-order valence-corrected chi connectivity index (χ3v) is 2.41. The summed E-state index contributed by atoms with van der Waals surface area (Å²) in [5.41, 5.74) is 2.94. The van der Waals surface area contributed by atoms with Crippen molar-refractivity contribution in [2.24, 2.45) is 5.92 Å². The van der Waals surface area contributed by atoms with E-state index in [1.165, 1.54) is 30.7 Å². The van der Waals surface area contributed by atoms with Crippen LogP contribution in [0, 0.1) is 5.92 Å². The minimum atomic E-state index is 0.881. The molecule has 10 heavy (non-hydrogen) atoms. The first-order valence-electron chi connectivity index (χ1n) is 4.06. The predicted octanol–water partition coefficient (Wildman–Crippen LogP) is 1.17. The van der Waals surface area contributed by atoms with Gasteiger partial charge in [-0.2, -0.15) is 0 Å². The Kier molecular flexibility index (Phi) is 1.33. The van der Waals surface area contributed by atoms with Crippen LogP contribution in [0.4, 0.5) is 0 Å². The Bertz CT molecular complexity index is 172. The van der Waals surface area contributed by atoms with Crippen molar-refractivity contribution >= 4 is 0 Å². The number of allylic oxidation sites excluding steroid dienone is 2. The summed E-state index contributed by atoms with van der Waals surface area (Å²) >= 11 is 0. The molecule has 0 saturated heterocycles. The van der Waals surface area contributed by atoms with E-state index in [9.17, 15) is 0 Å². The number of nitrogens with one attached hydrogen (secondary N) is 2. The van der Waals surface area contributed by atoms with E-state index in [0.29, 0.717) is 0 Å². The summed E-state index contributed by atoms with van der Waals surface area (Å²) in [6.07, 6.45) is 3.86. The maximum Gasteiger partial charge on any atom is 0.0845 e. The number of hydrogen-bond acceptors (Lipinski definition) is 2. The molecule has 0 aromatic rings. The van der Waals surface area contributed by atoms with Crippen LogP contribution < -0.4 is 10.6 Å². The first-order valence-corrected chi connectivity index (χ1v) is 4.06. The van der Waals surface area contributed by atoms with Crippen molar-refractivity contribution in [3.8, 4) is 0 Å². The SMILES string of the molecule is CC1CCC2=C(C1)NCN2. The molecule has 0 radical (unpaired) electrons. The van der Waals surface area contributed by atoms with E-state index in [0.717, 1.165) is 12.6 Å². The largest absolute Gasteiger partial charge is 0.370 e. The lowest BCUT2D eigenvalue weighted by atomic mass is 9.92. The van der Waals surface area contributed by atoms with Gasteiger partial charge in [-0.1, -0.05) is 6.92 Å². The van der Waals surface area contributed by atoms with Crippen LogP contribution in [0.3, 0.4) is 0 Å². The van der Waals surface area contributed by atoms with E-state index in [1.807, 2.05) is 0 Å². The van der Waals surface area contributed by atoms with Gasteiger partial charge in [-0.3, -0.25) is 0 Å². The van der Waals surface area contributed by atoms with E-state index >= 15 is 0 Å². The molecule has 0 bridgehead atoms. The van der Waals surface area contributed by atoms with Crippen molar-refractivity contribution in [2.75, 3.05) is 6.67 Å². The fourth-order valence-corrected chi connectivity index (χ4v) is 1.75. The Morgan fingerprint density at radius 1 is 1.30 bits per heavy atom. The zero-order valence-corrected chi connectivity index (χ0v) is 6.41. The summed E-state index contributed by atoms with van der Waals surface area (Å²) in [6.45, 7) is 3.28. The maximum atomic E-state index is 3.36. The highest BCUT2D eigenvalue weighted by Gasteiger charge is 2.20. The van der Waals surface area contributed by atoms with Gasteiger partial charge in [-0.05, 0) is 25.2 Å². The highest BCUT2D eigenvalue weighted by molar-refractivity contribution is 5.18. The van der Waals surface area contributed by atoms with Gasteiger partial charge < -0.3 is 10.6 Å².